The van der Waals surface area contributed by atoms with Gasteiger partial charge in [0, 0.05) is 5.56 Å². The number of aromatic nitrogens is 4. The molecule has 1 aromatic carbocycles. The number of hydrogen-bond acceptors (Lipinski definition) is 5. The maximum atomic E-state index is 12.5. The predicted molar refractivity (Wildman–Crippen MR) is 90.9 cm³/mol. The molecule has 0 saturated heterocycles. The molecule has 0 N–H and O–H groups in total. The smallest absolute Gasteiger partial charge is 0.210 e. The lowest BCUT2D eigenvalue weighted by molar-refractivity contribution is 0.102. The normalized spacial score (nSPS) is 15.7. The molecule has 0 radical (unpaired) electrons. The van der Waals surface area contributed by atoms with Gasteiger partial charge in [-0.3, -0.25) is 4.79 Å². The summed E-state index contributed by atoms with van der Waals surface area (Å²) in [5.74, 6) is 0.506. The Bertz CT molecular complexity index is 692. The van der Waals surface area contributed by atoms with Crippen LogP contribution in [0.3, 0.4) is 0 Å². The second-order valence-corrected chi connectivity index (χ2v) is 7.17. The van der Waals surface area contributed by atoms with Crippen LogP contribution < -0.4 is 0 Å². The van der Waals surface area contributed by atoms with Crippen LogP contribution in [0.4, 0.5) is 0 Å². The molecule has 0 spiro atoms. The van der Waals surface area contributed by atoms with Crippen LogP contribution in [0.15, 0.2) is 23.4 Å². The van der Waals surface area contributed by atoms with Crippen LogP contribution in [0, 0.1) is 13.8 Å². The third kappa shape index (κ3) is 3.80. The Morgan fingerprint density at radius 1 is 1.26 bits per heavy atom. The van der Waals surface area contributed by atoms with E-state index in [9.17, 15) is 4.79 Å². The average molecular weight is 330 g/mol. The number of nitrogens with zero attached hydrogens (tertiary/aromatic N) is 4. The van der Waals surface area contributed by atoms with Crippen molar-refractivity contribution in [1.82, 2.24) is 20.2 Å². The number of hydrogen-bond donors (Lipinski definition) is 0. The molecule has 1 aromatic heterocycles. The number of aryl methyl sites for hydroxylation is 2. The quantitative estimate of drug-likeness (QED) is 0.617. The molecule has 0 atom stereocenters. The predicted octanol–water partition coefficient (Wildman–Crippen LogP) is 3.77. The van der Waals surface area contributed by atoms with Crippen LogP contribution in [0.1, 0.15) is 59.6 Å². The molecule has 1 fully saturated rings. The fourth-order valence-corrected chi connectivity index (χ4v) is 3.91. The highest BCUT2D eigenvalue weighted by Crippen LogP contribution is 2.30. The summed E-state index contributed by atoms with van der Waals surface area (Å²) < 4.78 is 1.92. The van der Waals surface area contributed by atoms with Gasteiger partial charge < -0.3 is 0 Å². The third-order valence-electron chi connectivity index (χ3n) is 4.41. The molecule has 1 heterocycles. The van der Waals surface area contributed by atoms with Crippen LogP contribution in [-0.2, 0) is 0 Å². The molecule has 0 unspecified atom stereocenters. The molecule has 1 saturated carbocycles. The monoisotopic (exact) mass is 330 g/mol. The Kier molecular flexibility index (Phi) is 5.10. The minimum Gasteiger partial charge on any atom is -0.293 e. The first-order valence-electron chi connectivity index (χ1n) is 8.16. The molecule has 2 aromatic rings. The Hall–Kier alpha value is -1.69. The highest BCUT2D eigenvalue weighted by molar-refractivity contribution is 7.99. The van der Waals surface area contributed by atoms with E-state index < -0.39 is 0 Å². The SMILES string of the molecule is Cc1ccc(C)c(C(=O)CSc2nnnn2C2CCCCC2)c1. The van der Waals surface area contributed by atoms with Gasteiger partial charge in [0.15, 0.2) is 5.78 Å². The maximum absolute atomic E-state index is 12.5. The fourth-order valence-electron chi connectivity index (χ4n) is 3.08. The lowest BCUT2D eigenvalue weighted by Crippen LogP contribution is -2.16. The van der Waals surface area contributed by atoms with Crippen molar-refractivity contribution in [2.45, 2.75) is 57.1 Å². The van der Waals surface area contributed by atoms with Crippen molar-refractivity contribution in [2.24, 2.45) is 0 Å². The van der Waals surface area contributed by atoms with E-state index in [1.807, 2.05) is 36.7 Å². The minimum absolute atomic E-state index is 0.134. The Labute approximate surface area is 140 Å². The number of rotatable bonds is 5. The third-order valence-corrected chi connectivity index (χ3v) is 5.34. The summed E-state index contributed by atoms with van der Waals surface area (Å²) in [4.78, 5) is 12.5. The van der Waals surface area contributed by atoms with Crippen molar-refractivity contribution in [2.75, 3.05) is 5.75 Å². The van der Waals surface area contributed by atoms with Gasteiger partial charge in [-0.2, -0.15) is 0 Å². The fraction of sp³-hybridized carbons (Fsp3) is 0.529. The van der Waals surface area contributed by atoms with E-state index in [0.29, 0.717) is 11.8 Å². The molecule has 23 heavy (non-hydrogen) atoms. The second-order valence-electron chi connectivity index (χ2n) is 6.23. The van der Waals surface area contributed by atoms with E-state index in [2.05, 4.69) is 15.5 Å². The van der Waals surface area contributed by atoms with E-state index in [0.717, 1.165) is 34.7 Å². The minimum atomic E-state index is 0.134. The molecule has 0 bridgehead atoms. The zero-order chi connectivity index (χ0) is 16.2. The van der Waals surface area contributed by atoms with E-state index in [-0.39, 0.29) is 5.78 Å². The molecule has 5 nitrogen and oxygen atoms in total. The largest absolute Gasteiger partial charge is 0.293 e. The Balaban J connectivity index is 1.68. The van der Waals surface area contributed by atoms with Crippen molar-refractivity contribution in [3.63, 3.8) is 0 Å². The van der Waals surface area contributed by atoms with E-state index in [1.54, 1.807) is 0 Å². The van der Waals surface area contributed by atoms with Gasteiger partial charge in [-0.1, -0.05) is 48.7 Å². The summed E-state index contributed by atoms with van der Waals surface area (Å²) >= 11 is 1.44. The standard InChI is InChI=1S/C17H22N4OS/c1-12-8-9-13(2)15(10-12)16(22)11-23-17-18-19-20-21(17)14-6-4-3-5-7-14/h8-10,14H,3-7,11H2,1-2H3. The first-order chi connectivity index (χ1) is 11.1. The molecular formula is C17H22N4OS. The molecule has 0 amide bonds. The van der Waals surface area contributed by atoms with Crippen molar-refractivity contribution in [3.05, 3.63) is 34.9 Å². The van der Waals surface area contributed by atoms with Crippen LogP contribution in [-0.4, -0.2) is 31.7 Å². The molecule has 6 heteroatoms. The number of ketones is 1. The molecule has 1 aliphatic carbocycles. The van der Waals surface area contributed by atoms with Crippen molar-refractivity contribution in [3.8, 4) is 0 Å². The van der Waals surface area contributed by atoms with Gasteiger partial charge in [0.2, 0.25) is 5.16 Å². The van der Waals surface area contributed by atoms with Crippen LogP contribution in [0.5, 0.6) is 0 Å². The van der Waals surface area contributed by atoms with Crippen molar-refractivity contribution < 1.29 is 4.79 Å². The summed E-state index contributed by atoms with van der Waals surface area (Å²) in [5.41, 5.74) is 2.93. The summed E-state index contributed by atoms with van der Waals surface area (Å²) in [6.07, 6.45) is 6.02. The summed E-state index contributed by atoms with van der Waals surface area (Å²) in [7, 11) is 0. The molecule has 122 valence electrons. The average Bonchev–Trinajstić information content (AvgIpc) is 3.04. The highest BCUT2D eigenvalue weighted by atomic mass is 32.2. The van der Waals surface area contributed by atoms with Gasteiger partial charge in [-0.15, -0.1) is 5.10 Å². The molecule has 0 aliphatic heterocycles. The number of carbonyl (C=O) groups excluding carboxylic acids is 1. The number of tetrazole rings is 1. The number of benzene rings is 1. The first-order valence-corrected chi connectivity index (χ1v) is 9.15. The zero-order valence-corrected chi connectivity index (χ0v) is 14.5. The number of carbonyl (C=O) groups is 1. The Morgan fingerprint density at radius 3 is 2.83 bits per heavy atom. The number of thioether (sulfide) groups is 1. The van der Waals surface area contributed by atoms with E-state index in [4.69, 9.17) is 0 Å². The maximum Gasteiger partial charge on any atom is 0.210 e. The molecular weight excluding hydrogens is 308 g/mol. The molecule has 3 rings (SSSR count). The topological polar surface area (TPSA) is 60.7 Å². The van der Waals surface area contributed by atoms with Crippen LogP contribution in [0.2, 0.25) is 0 Å². The van der Waals surface area contributed by atoms with Gasteiger partial charge in [0.05, 0.1) is 11.8 Å². The van der Waals surface area contributed by atoms with Gasteiger partial charge in [0.1, 0.15) is 0 Å². The number of Topliss-reactive ketones (excluding diaryl/α,β-unsaturated/α-hetero) is 1. The Morgan fingerprint density at radius 2 is 2.04 bits per heavy atom. The second kappa shape index (κ2) is 7.25. The zero-order valence-electron chi connectivity index (χ0n) is 13.7. The lowest BCUT2D eigenvalue weighted by atomic mass is 9.96. The summed E-state index contributed by atoms with van der Waals surface area (Å²) in [6.45, 7) is 3.98. The molecule has 1 aliphatic rings. The van der Waals surface area contributed by atoms with Crippen molar-refractivity contribution >= 4 is 17.5 Å². The first kappa shape index (κ1) is 16.2. The lowest BCUT2D eigenvalue weighted by Gasteiger charge is -2.21. The van der Waals surface area contributed by atoms with Gasteiger partial charge in [-0.25, -0.2) is 4.68 Å². The van der Waals surface area contributed by atoms with Crippen LogP contribution >= 0.6 is 11.8 Å². The van der Waals surface area contributed by atoms with Gasteiger partial charge >= 0.3 is 0 Å². The van der Waals surface area contributed by atoms with E-state index in [1.165, 1.54) is 31.0 Å². The summed E-state index contributed by atoms with van der Waals surface area (Å²) in [5, 5.41) is 12.8. The van der Waals surface area contributed by atoms with Crippen molar-refractivity contribution in [1.29, 1.82) is 0 Å². The van der Waals surface area contributed by atoms with E-state index >= 15 is 0 Å². The highest BCUT2D eigenvalue weighted by Gasteiger charge is 2.21. The van der Waals surface area contributed by atoms with Crippen LogP contribution in [0.25, 0.3) is 0 Å². The van der Waals surface area contributed by atoms with Gasteiger partial charge in [0.25, 0.3) is 0 Å². The van der Waals surface area contributed by atoms with Gasteiger partial charge in [-0.05, 0) is 48.7 Å². The summed E-state index contributed by atoms with van der Waals surface area (Å²) in [6, 6.07) is 6.38.